The van der Waals surface area contributed by atoms with Gasteiger partial charge in [0.2, 0.25) is 0 Å². The number of halogens is 1. The molecule has 2 N–H and O–H groups in total. The first-order valence-electron chi connectivity index (χ1n) is 5.40. The molecule has 18 heavy (non-hydrogen) atoms. The predicted octanol–water partition coefficient (Wildman–Crippen LogP) is 2.63. The molecule has 2 amide bonds. The summed E-state index contributed by atoms with van der Waals surface area (Å²) in [5, 5.41) is 11.5. The van der Waals surface area contributed by atoms with Crippen LogP contribution in [0.25, 0.3) is 0 Å². The third kappa shape index (κ3) is 4.37. The first-order valence-corrected chi connectivity index (χ1v) is 6.20. The first kappa shape index (κ1) is 14.5. The van der Waals surface area contributed by atoms with Crippen LogP contribution in [0.3, 0.4) is 0 Å². The highest BCUT2D eigenvalue weighted by atomic mass is 79.9. The summed E-state index contributed by atoms with van der Waals surface area (Å²) in [6.07, 6.45) is 0. The summed E-state index contributed by atoms with van der Waals surface area (Å²) in [5.41, 5.74) is 0.665. The predicted molar refractivity (Wildman–Crippen MR) is 72.6 cm³/mol. The molecule has 0 saturated heterocycles. The monoisotopic (exact) mass is 314 g/mol. The molecule has 0 bridgehead atoms. The van der Waals surface area contributed by atoms with Gasteiger partial charge in [0.05, 0.1) is 5.92 Å². The molecule has 0 saturated carbocycles. The van der Waals surface area contributed by atoms with Gasteiger partial charge in [-0.3, -0.25) is 4.79 Å². The number of amides is 2. The first-order chi connectivity index (χ1) is 8.40. The molecule has 1 aromatic rings. The number of carbonyl (C=O) groups excluding carboxylic acids is 1. The van der Waals surface area contributed by atoms with E-state index in [1.807, 2.05) is 12.1 Å². The number of nitrogens with one attached hydrogen (secondary N) is 1. The van der Waals surface area contributed by atoms with Crippen molar-refractivity contribution in [1.82, 2.24) is 4.90 Å². The summed E-state index contributed by atoms with van der Waals surface area (Å²) in [6, 6.07) is 6.82. The van der Waals surface area contributed by atoms with Crippen LogP contribution in [0, 0.1) is 5.92 Å². The van der Waals surface area contributed by atoms with Crippen molar-refractivity contribution in [2.45, 2.75) is 6.92 Å². The average molecular weight is 315 g/mol. The fourth-order valence-corrected chi connectivity index (χ4v) is 1.59. The number of aliphatic carboxylic acids is 1. The maximum Gasteiger partial charge on any atom is 0.321 e. The quantitative estimate of drug-likeness (QED) is 0.897. The smallest absolute Gasteiger partial charge is 0.321 e. The van der Waals surface area contributed by atoms with Crippen LogP contribution in [0.2, 0.25) is 0 Å². The Balaban J connectivity index is 2.54. The molecule has 0 radical (unpaired) electrons. The topological polar surface area (TPSA) is 69.6 Å². The van der Waals surface area contributed by atoms with Gasteiger partial charge in [0, 0.05) is 23.8 Å². The van der Waals surface area contributed by atoms with Crippen molar-refractivity contribution in [3.05, 3.63) is 28.7 Å². The molecule has 0 aliphatic rings. The summed E-state index contributed by atoms with van der Waals surface area (Å²) in [6.45, 7) is 1.73. The molecule has 1 atom stereocenters. The highest BCUT2D eigenvalue weighted by Crippen LogP contribution is 2.14. The van der Waals surface area contributed by atoms with E-state index < -0.39 is 11.9 Å². The van der Waals surface area contributed by atoms with Crippen molar-refractivity contribution in [2.24, 2.45) is 5.92 Å². The molecule has 0 aromatic heterocycles. The van der Waals surface area contributed by atoms with Crippen LogP contribution in [0.4, 0.5) is 10.5 Å². The molecule has 1 unspecified atom stereocenters. The summed E-state index contributed by atoms with van der Waals surface area (Å²) < 4.78 is 0.924. The van der Waals surface area contributed by atoms with Gasteiger partial charge in [-0.25, -0.2) is 4.79 Å². The third-order valence-electron chi connectivity index (χ3n) is 2.41. The maximum absolute atomic E-state index is 11.8. The van der Waals surface area contributed by atoms with Gasteiger partial charge in [-0.1, -0.05) is 22.9 Å². The lowest BCUT2D eigenvalue weighted by Gasteiger charge is -2.20. The van der Waals surface area contributed by atoms with Crippen molar-refractivity contribution in [3.63, 3.8) is 0 Å². The third-order valence-corrected chi connectivity index (χ3v) is 2.94. The minimum absolute atomic E-state index is 0.164. The average Bonchev–Trinajstić information content (AvgIpc) is 2.31. The van der Waals surface area contributed by atoms with Gasteiger partial charge in [-0.15, -0.1) is 0 Å². The van der Waals surface area contributed by atoms with Gasteiger partial charge >= 0.3 is 12.0 Å². The van der Waals surface area contributed by atoms with E-state index in [0.717, 1.165) is 4.47 Å². The van der Waals surface area contributed by atoms with Gasteiger partial charge in [0.15, 0.2) is 0 Å². The van der Waals surface area contributed by atoms with Crippen LogP contribution >= 0.6 is 15.9 Å². The van der Waals surface area contributed by atoms with Crippen LogP contribution in [-0.2, 0) is 4.79 Å². The van der Waals surface area contributed by atoms with Crippen molar-refractivity contribution < 1.29 is 14.7 Å². The van der Waals surface area contributed by atoms with E-state index in [9.17, 15) is 9.59 Å². The second-order valence-electron chi connectivity index (χ2n) is 4.06. The van der Waals surface area contributed by atoms with E-state index in [-0.39, 0.29) is 12.6 Å². The lowest BCUT2D eigenvalue weighted by Crippen LogP contribution is -2.36. The normalized spacial score (nSPS) is 11.7. The highest BCUT2D eigenvalue weighted by molar-refractivity contribution is 9.10. The van der Waals surface area contributed by atoms with Gasteiger partial charge < -0.3 is 15.3 Å². The second-order valence-corrected chi connectivity index (χ2v) is 4.97. The zero-order valence-corrected chi connectivity index (χ0v) is 11.8. The number of anilines is 1. The number of benzene rings is 1. The molecule has 0 aliphatic heterocycles. The summed E-state index contributed by atoms with van der Waals surface area (Å²) in [7, 11) is 1.56. The number of hydrogen-bond donors (Lipinski definition) is 2. The van der Waals surface area contributed by atoms with Crippen molar-refractivity contribution in [1.29, 1.82) is 0 Å². The molecule has 0 fully saturated rings. The molecule has 6 heteroatoms. The van der Waals surface area contributed by atoms with Crippen LogP contribution in [-0.4, -0.2) is 35.6 Å². The van der Waals surface area contributed by atoms with Crippen molar-refractivity contribution >= 4 is 33.6 Å². The zero-order valence-electron chi connectivity index (χ0n) is 10.2. The zero-order chi connectivity index (χ0) is 13.7. The van der Waals surface area contributed by atoms with E-state index in [0.29, 0.717) is 5.69 Å². The Morgan fingerprint density at radius 1 is 1.39 bits per heavy atom. The summed E-state index contributed by atoms with van der Waals surface area (Å²) in [5.74, 6) is -1.51. The minimum Gasteiger partial charge on any atom is -0.481 e. The Labute approximate surface area is 114 Å². The van der Waals surface area contributed by atoms with Crippen molar-refractivity contribution in [3.8, 4) is 0 Å². The Morgan fingerprint density at radius 2 is 1.94 bits per heavy atom. The Morgan fingerprint density at radius 3 is 2.44 bits per heavy atom. The number of rotatable bonds is 4. The highest BCUT2D eigenvalue weighted by Gasteiger charge is 2.17. The molecule has 1 aromatic carbocycles. The maximum atomic E-state index is 11.8. The number of carbonyl (C=O) groups is 2. The Hall–Kier alpha value is -1.56. The molecule has 0 aliphatic carbocycles. The van der Waals surface area contributed by atoms with E-state index >= 15 is 0 Å². The van der Waals surface area contributed by atoms with E-state index in [4.69, 9.17) is 5.11 Å². The van der Waals surface area contributed by atoms with Crippen LogP contribution in [0.5, 0.6) is 0 Å². The SMILES string of the molecule is CC(CN(C)C(=O)Nc1ccc(Br)cc1)C(=O)O. The van der Waals surface area contributed by atoms with Crippen LogP contribution < -0.4 is 5.32 Å². The molecule has 1 rings (SSSR count). The lowest BCUT2D eigenvalue weighted by molar-refractivity contribution is -0.141. The summed E-state index contributed by atoms with van der Waals surface area (Å²) in [4.78, 5) is 23.8. The van der Waals surface area contributed by atoms with Gasteiger partial charge in [0.1, 0.15) is 0 Å². The standard InChI is InChI=1S/C12H15BrN2O3/c1-8(11(16)17)7-15(2)12(18)14-10-5-3-9(13)4-6-10/h3-6,8H,7H2,1-2H3,(H,14,18)(H,16,17). The van der Waals surface area contributed by atoms with E-state index in [1.54, 1.807) is 26.1 Å². The molecule has 0 spiro atoms. The number of carboxylic acids is 1. The molecule has 0 heterocycles. The Kier molecular flexibility index (Phi) is 5.15. The largest absolute Gasteiger partial charge is 0.481 e. The lowest BCUT2D eigenvalue weighted by atomic mass is 10.2. The van der Waals surface area contributed by atoms with Gasteiger partial charge in [-0.2, -0.15) is 0 Å². The number of hydrogen-bond acceptors (Lipinski definition) is 2. The molecule has 5 nitrogen and oxygen atoms in total. The summed E-state index contributed by atoms with van der Waals surface area (Å²) >= 11 is 3.30. The molecular formula is C12H15BrN2O3. The van der Waals surface area contributed by atoms with Gasteiger partial charge in [-0.05, 0) is 24.3 Å². The minimum atomic E-state index is -0.918. The molecule has 98 valence electrons. The number of nitrogens with zero attached hydrogens (tertiary/aromatic N) is 1. The van der Waals surface area contributed by atoms with Crippen molar-refractivity contribution in [2.75, 3.05) is 18.9 Å². The van der Waals surface area contributed by atoms with E-state index in [2.05, 4.69) is 21.2 Å². The van der Waals surface area contributed by atoms with Gasteiger partial charge in [0.25, 0.3) is 0 Å². The molecular weight excluding hydrogens is 300 g/mol. The van der Waals surface area contributed by atoms with E-state index in [1.165, 1.54) is 4.90 Å². The fourth-order valence-electron chi connectivity index (χ4n) is 1.32. The number of carboxylic acid groups (broad SMARTS) is 1. The van der Waals surface area contributed by atoms with Crippen LogP contribution in [0.15, 0.2) is 28.7 Å². The Bertz CT molecular complexity index is 433. The van der Waals surface area contributed by atoms with Crippen LogP contribution in [0.1, 0.15) is 6.92 Å². The second kappa shape index (κ2) is 6.39. The number of urea groups is 1. The fraction of sp³-hybridized carbons (Fsp3) is 0.333.